The highest BCUT2D eigenvalue weighted by molar-refractivity contribution is 7.21. The van der Waals surface area contributed by atoms with Crippen molar-refractivity contribution in [2.75, 3.05) is 0 Å². The molecule has 2 aromatic carbocycles. The zero-order valence-electron chi connectivity index (χ0n) is 10.6. The summed E-state index contributed by atoms with van der Waals surface area (Å²) in [7, 11) is 0. The maximum Gasteiger partial charge on any atom is 0.336 e. The average Bonchev–Trinajstić information content (AvgIpc) is 2.90. The van der Waals surface area contributed by atoms with Crippen LogP contribution in [0.3, 0.4) is 0 Å². The number of carboxylic acids is 2. The molecule has 6 heteroatoms. The van der Waals surface area contributed by atoms with Crippen LogP contribution < -0.4 is 0 Å². The summed E-state index contributed by atoms with van der Waals surface area (Å²) >= 11 is 1.33. The first-order valence-electron chi connectivity index (χ1n) is 6.03. The predicted octanol–water partition coefficient (Wildman–Crippen LogP) is 3.36. The molecule has 21 heavy (non-hydrogen) atoms. The van der Waals surface area contributed by atoms with Gasteiger partial charge in [0.2, 0.25) is 0 Å². The highest BCUT2D eigenvalue weighted by Gasteiger charge is 2.17. The van der Waals surface area contributed by atoms with Crippen LogP contribution in [0.15, 0.2) is 42.5 Å². The molecule has 1 heterocycles. The highest BCUT2D eigenvalue weighted by Crippen LogP contribution is 2.32. The van der Waals surface area contributed by atoms with Crippen molar-refractivity contribution in [1.29, 1.82) is 0 Å². The van der Waals surface area contributed by atoms with E-state index in [1.807, 2.05) is 24.3 Å². The fourth-order valence-corrected chi connectivity index (χ4v) is 3.02. The van der Waals surface area contributed by atoms with Crippen molar-refractivity contribution in [2.24, 2.45) is 0 Å². The van der Waals surface area contributed by atoms with E-state index >= 15 is 0 Å². The Kier molecular flexibility index (Phi) is 3.15. The van der Waals surface area contributed by atoms with Gasteiger partial charge in [-0.15, -0.1) is 11.3 Å². The molecular formula is C15H9NO4S. The lowest BCUT2D eigenvalue weighted by atomic mass is 10.0. The molecule has 0 aliphatic carbocycles. The molecule has 0 aliphatic rings. The van der Waals surface area contributed by atoms with Crippen LogP contribution in [-0.2, 0) is 0 Å². The van der Waals surface area contributed by atoms with Crippen LogP contribution in [0.25, 0.3) is 20.8 Å². The summed E-state index contributed by atoms with van der Waals surface area (Å²) in [5, 5.41) is 18.8. The molecule has 2 N–H and O–H groups in total. The Morgan fingerprint density at radius 1 is 1.00 bits per heavy atom. The maximum atomic E-state index is 11.3. The van der Waals surface area contributed by atoms with Crippen LogP contribution in [0.5, 0.6) is 0 Å². The van der Waals surface area contributed by atoms with Gasteiger partial charge in [-0.2, -0.15) is 0 Å². The fourth-order valence-electron chi connectivity index (χ4n) is 2.03. The minimum atomic E-state index is -1.11. The van der Waals surface area contributed by atoms with E-state index in [2.05, 4.69) is 4.98 Å². The molecule has 1 aromatic heterocycles. The van der Waals surface area contributed by atoms with Crippen molar-refractivity contribution < 1.29 is 19.8 Å². The highest BCUT2D eigenvalue weighted by atomic mass is 32.1. The van der Waals surface area contributed by atoms with Gasteiger partial charge in [0, 0.05) is 5.56 Å². The van der Waals surface area contributed by atoms with Crippen LogP contribution in [0, 0.1) is 0 Å². The second-order valence-electron chi connectivity index (χ2n) is 4.36. The van der Waals surface area contributed by atoms with Crippen molar-refractivity contribution in [3.63, 3.8) is 0 Å². The molecule has 5 nitrogen and oxygen atoms in total. The van der Waals surface area contributed by atoms with Crippen LogP contribution in [0.4, 0.5) is 0 Å². The van der Waals surface area contributed by atoms with Gasteiger partial charge in [-0.1, -0.05) is 12.1 Å². The standard InChI is InChI=1S/C15H9NO4S/c17-14(18)8-5-6-9(15(19)20)10(7-8)13-16-11-3-1-2-4-12(11)21-13/h1-7H,(H,17,18)(H,19,20). The summed E-state index contributed by atoms with van der Waals surface area (Å²) in [5.74, 6) is -2.21. The number of rotatable bonds is 3. The number of carbonyl (C=O) groups is 2. The second-order valence-corrected chi connectivity index (χ2v) is 5.39. The molecule has 0 radical (unpaired) electrons. The Morgan fingerprint density at radius 2 is 1.76 bits per heavy atom. The van der Waals surface area contributed by atoms with Crippen molar-refractivity contribution in [3.8, 4) is 10.6 Å². The topological polar surface area (TPSA) is 87.5 Å². The molecule has 0 saturated carbocycles. The molecule has 104 valence electrons. The van der Waals surface area contributed by atoms with Crippen molar-refractivity contribution in [1.82, 2.24) is 4.98 Å². The third kappa shape index (κ3) is 2.36. The molecule has 0 saturated heterocycles. The number of aromatic nitrogens is 1. The lowest BCUT2D eigenvalue weighted by Gasteiger charge is -2.04. The molecular weight excluding hydrogens is 290 g/mol. The van der Waals surface area contributed by atoms with Gasteiger partial charge in [-0.3, -0.25) is 0 Å². The number of fused-ring (bicyclic) bond motifs is 1. The number of carboxylic acid groups (broad SMARTS) is 2. The summed E-state index contributed by atoms with van der Waals surface area (Å²) in [4.78, 5) is 26.8. The first-order valence-corrected chi connectivity index (χ1v) is 6.84. The van der Waals surface area contributed by atoms with E-state index in [0.717, 1.165) is 10.2 Å². The number of nitrogens with zero attached hydrogens (tertiary/aromatic N) is 1. The zero-order chi connectivity index (χ0) is 15.0. The van der Waals surface area contributed by atoms with Crippen molar-refractivity contribution in [3.05, 3.63) is 53.6 Å². The van der Waals surface area contributed by atoms with E-state index in [-0.39, 0.29) is 11.1 Å². The first kappa shape index (κ1) is 13.3. The number of benzene rings is 2. The van der Waals surface area contributed by atoms with Gasteiger partial charge in [0.1, 0.15) is 5.01 Å². The molecule has 0 spiro atoms. The van der Waals surface area contributed by atoms with Crippen LogP contribution in [-0.4, -0.2) is 27.1 Å². The smallest absolute Gasteiger partial charge is 0.336 e. The Labute approximate surface area is 123 Å². The molecule has 0 atom stereocenters. The molecule has 0 fully saturated rings. The molecule has 0 amide bonds. The van der Waals surface area contributed by atoms with Gasteiger partial charge < -0.3 is 10.2 Å². The number of hydrogen-bond acceptors (Lipinski definition) is 4. The van der Waals surface area contributed by atoms with E-state index in [4.69, 9.17) is 5.11 Å². The number of hydrogen-bond donors (Lipinski definition) is 2. The van der Waals surface area contributed by atoms with Gasteiger partial charge in [0.25, 0.3) is 0 Å². The fraction of sp³-hybridized carbons (Fsp3) is 0. The monoisotopic (exact) mass is 299 g/mol. The van der Waals surface area contributed by atoms with Gasteiger partial charge in [-0.05, 0) is 30.3 Å². The SMILES string of the molecule is O=C(O)c1ccc(C(=O)O)c(-c2nc3ccccc3s2)c1. The van der Waals surface area contributed by atoms with E-state index in [1.54, 1.807) is 0 Å². The average molecular weight is 299 g/mol. The zero-order valence-corrected chi connectivity index (χ0v) is 11.4. The van der Waals surface area contributed by atoms with Crippen LogP contribution >= 0.6 is 11.3 Å². The van der Waals surface area contributed by atoms with Gasteiger partial charge in [-0.25, -0.2) is 14.6 Å². The Balaban J connectivity index is 2.25. The summed E-state index contributed by atoms with van der Waals surface area (Å²) < 4.78 is 0.921. The summed E-state index contributed by atoms with van der Waals surface area (Å²) in [5.41, 5.74) is 1.16. The summed E-state index contributed by atoms with van der Waals surface area (Å²) in [6.07, 6.45) is 0. The molecule has 0 bridgehead atoms. The molecule has 3 aromatic rings. The first-order chi connectivity index (χ1) is 10.1. The van der Waals surface area contributed by atoms with E-state index in [0.29, 0.717) is 10.6 Å². The minimum absolute atomic E-state index is 0.0363. The van der Waals surface area contributed by atoms with E-state index in [1.165, 1.54) is 29.5 Å². The maximum absolute atomic E-state index is 11.3. The van der Waals surface area contributed by atoms with Crippen LogP contribution in [0.1, 0.15) is 20.7 Å². The minimum Gasteiger partial charge on any atom is -0.478 e. The third-order valence-corrected chi connectivity index (χ3v) is 4.09. The lowest BCUT2D eigenvalue weighted by molar-refractivity contribution is 0.0682. The van der Waals surface area contributed by atoms with Crippen molar-refractivity contribution in [2.45, 2.75) is 0 Å². The molecule has 0 aliphatic heterocycles. The largest absolute Gasteiger partial charge is 0.478 e. The van der Waals surface area contributed by atoms with E-state index in [9.17, 15) is 14.7 Å². The normalized spacial score (nSPS) is 10.7. The number of para-hydroxylation sites is 1. The quantitative estimate of drug-likeness (QED) is 0.774. The Bertz CT molecular complexity index is 836. The molecule has 3 rings (SSSR count). The van der Waals surface area contributed by atoms with Crippen molar-refractivity contribution >= 4 is 33.5 Å². The van der Waals surface area contributed by atoms with Gasteiger partial charge in [0.05, 0.1) is 21.3 Å². The Hall–Kier alpha value is -2.73. The van der Waals surface area contributed by atoms with E-state index < -0.39 is 11.9 Å². The summed E-state index contributed by atoms with van der Waals surface area (Å²) in [6, 6.07) is 11.4. The van der Waals surface area contributed by atoms with Gasteiger partial charge >= 0.3 is 11.9 Å². The third-order valence-electron chi connectivity index (χ3n) is 3.02. The second kappa shape index (κ2) is 4.99. The van der Waals surface area contributed by atoms with Gasteiger partial charge in [0.15, 0.2) is 0 Å². The Morgan fingerprint density at radius 3 is 2.43 bits per heavy atom. The predicted molar refractivity (Wildman–Crippen MR) is 79.0 cm³/mol. The molecule has 0 unspecified atom stereocenters. The lowest BCUT2D eigenvalue weighted by Crippen LogP contribution is -2.03. The number of thiazole rings is 1. The number of aromatic carboxylic acids is 2. The van der Waals surface area contributed by atoms with Crippen LogP contribution in [0.2, 0.25) is 0 Å². The summed E-state index contributed by atoms with van der Waals surface area (Å²) in [6.45, 7) is 0.